The smallest absolute Gasteiger partial charge is 0.258 e. The molecule has 1 aromatic carbocycles. The number of carbonyl (C=O) groups excluding carboxylic acids is 2. The summed E-state index contributed by atoms with van der Waals surface area (Å²) in [5.41, 5.74) is 0.246. The van der Waals surface area contributed by atoms with Gasteiger partial charge in [0.05, 0.1) is 24.3 Å². The zero-order chi connectivity index (χ0) is 20.4. The van der Waals surface area contributed by atoms with Crippen LogP contribution in [0.5, 0.6) is 5.75 Å². The van der Waals surface area contributed by atoms with Crippen molar-refractivity contribution in [3.05, 3.63) is 40.2 Å². The summed E-state index contributed by atoms with van der Waals surface area (Å²) in [6.07, 6.45) is 3.07. The molecule has 1 aromatic heterocycles. The number of H-pyrrole nitrogens is 1. The van der Waals surface area contributed by atoms with Crippen LogP contribution >= 0.6 is 0 Å². The summed E-state index contributed by atoms with van der Waals surface area (Å²) in [6.45, 7) is 1.60. The van der Waals surface area contributed by atoms with Crippen LogP contribution in [-0.2, 0) is 9.59 Å². The van der Waals surface area contributed by atoms with E-state index in [9.17, 15) is 14.4 Å². The lowest BCUT2D eigenvalue weighted by Crippen LogP contribution is -2.38. The number of fused-ring (bicyclic) bond motifs is 1. The number of amides is 2. The van der Waals surface area contributed by atoms with Gasteiger partial charge in [-0.05, 0) is 31.4 Å². The number of ether oxygens (including phenoxy) is 1. The molecule has 3 heterocycles. The minimum absolute atomic E-state index is 0.123. The second kappa shape index (κ2) is 7.94. The summed E-state index contributed by atoms with van der Waals surface area (Å²) in [5.74, 6) is -0.654. The number of nitrogens with one attached hydrogen (secondary N) is 3. The van der Waals surface area contributed by atoms with E-state index in [0.717, 1.165) is 32.4 Å². The molecular weight excluding hydrogens is 374 g/mol. The fourth-order valence-electron chi connectivity index (χ4n) is 3.81. The first kappa shape index (κ1) is 19.0. The minimum Gasteiger partial charge on any atom is -0.495 e. The van der Waals surface area contributed by atoms with Crippen LogP contribution in [0.1, 0.15) is 37.2 Å². The lowest BCUT2D eigenvalue weighted by atomic mass is 9.92. The highest BCUT2D eigenvalue weighted by molar-refractivity contribution is 6.04. The third-order valence-corrected chi connectivity index (χ3v) is 5.28. The van der Waals surface area contributed by atoms with Crippen molar-refractivity contribution in [3.63, 3.8) is 0 Å². The van der Waals surface area contributed by atoms with Gasteiger partial charge < -0.3 is 20.3 Å². The van der Waals surface area contributed by atoms with Gasteiger partial charge in [-0.2, -0.15) is 4.98 Å². The van der Waals surface area contributed by atoms with Gasteiger partial charge in [-0.25, -0.2) is 0 Å². The van der Waals surface area contributed by atoms with Crippen molar-refractivity contribution < 1.29 is 14.3 Å². The summed E-state index contributed by atoms with van der Waals surface area (Å²) < 4.78 is 5.25. The molecule has 0 aliphatic carbocycles. The topological polar surface area (TPSA) is 116 Å². The molecule has 9 nitrogen and oxygen atoms in total. The molecule has 2 aliphatic rings. The molecule has 152 valence electrons. The average Bonchev–Trinajstić information content (AvgIpc) is 2.73. The average molecular weight is 397 g/mol. The Hall–Kier alpha value is -3.36. The Bertz CT molecular complexity index is 997. The lowest BCUT2D eigenvalue weighted by molar-refractivity contribution is -0.123. The van der Waals surface area contributed by atoms with Gasteiger partial charge in [0.25, 0.3) is 5.56 Å². The predicted molar refractivity (Wildman–Crippen MR) is 109 cm³/mol. The highest BCUT2D eigenvalue weighted by Gasteiger charge is 2.35. The van der Waals surface area contributed by atoms with Crippen molar-refractivity contribution in [2.75, 3.05) is 35.7 Å². The molecule has 1 atom stereocenters. The molecule has 9 heteroatoms. The van der Waals surface area contributed by atoms with Gasteiger partial charge >= 0.3 is 0 Å². The summed E-state index contributed by atoms with van der Waals surface area (Å²) in [7, 11) is 1.51. The van der Waals surface area contributed by atoms with E-state index in [0.29, 0.717) is 17.4 Å². The zero-order valence-electron chi connectivity index (χ0n) is 16.2. The molecule has 4 rings (SSSR count). The quantitative estimate of drug-likeness (QED) is 0.725. The van der Waals surface area contributed by atoms with Crippen molar-refractivity contribution in [2.24, 2.45) is 0 Å². The maximum absolute atomic E-state index is 12.9. The third-order valence-electron chi connectivity index (χ3n) is 5.28. The van der Waals surface area contributed by atoms with Crippen LogP contribution in [0.2, 0.25) is 0 Å². The molecule has 0 saturated carbocycles. The van der Waals surface area contributed by atoms with Gasteiger partial charge in [-0.3, -0.25) is 19.4 Å². The Labute approximate surface area is 167 Å². The van der Waals surface area contributed by atoms with Crippen LogP contribution in [-0.4, -0.2) is 42.0 Å². The fraction of sp³-hybridized carbons (Fsp3) is 0.400. The van der Waals surface area contributed by atoms with Gasteiger partial charge in [0.15, 0.2) is 0 Å². The number of methoxy groups -OCH3 is 1. The number of aromatic amines is 1. The highest BCUT2D eigenvalue weighted by atomic mass is 16.5. The summed E-state index contributed by atoms with van der Waals surface area (Å²) >= 11 is 0. The first-order valence-electron chi connectivity index (χ1n) is 9.69. The number of piperidine rings is 1. The first-order chi connectivity index (χ1) is 14.1. The van der Waals surface area contributed by atoms with Crippen LogP contribution in [0.3, 0.4) is 0 Å². The van der Waals surface area contributed by atoms with Gasteiger partial charge in [-0.15, -0.1) is 0 Å². The number of para-hydroxylation sites is 2. The van der Waals surface area contributed by atoms with E-state index < -0.39 is 17.4 Å². The molecule has 1 fully saturated rings. The second-order valence-corrected chi connectivity index (χ2v) is 7.19. The molecule has 1 saturated heterocycles. The Morgan fingerprint density at radius 2 is 1.97 bits per heavy atom. The number of carbonyl (C=O) groups is 2. The molecule has 1 unspecified atom stereocenters. The number of rotatable bonds is 4. The highest BCUT2D eigenvalue weighted by Crippen LogP contribution is 2.32. The second-order valence-electron chi connectivity index (χ2n) is 7.19. The van der Waals surface area contributed by atoms with Crippen molar-refractivity contribution in [3.8, 4) is 5.75 Å². The molecule has 2 aliphatic heterocycles. The molecular formula is C20H23N5O4. The van der Waals surface area contributed by atoms with Crippen LogP contribution < -0.4 is 25.8 Å². The SMILES string of the molecule is COc1ccccc1NC(=O)C1CC(=O)Nc2nc(N3CCCCC3)[nH]c(=O)c21. The van der Waals surface area contributed by atoms with Crippen molar-refractivity contribution in [1.29, 1.82) is 0 Å². The van der Waals surface area contributed by atoms with Crippen LogP contribution in [0, 0.1) is 0 Å². The molecule has 29 heavy (non-hydrogen) atoms. The van der Waals surface area contributed by atoms with E-state index in [2.05, 4.69) is 20.6 Å². The van der Waals surface area contributed by atoms with Crippen LogP contribution in [0.15, 0.2) is 29.1 Å². The summed E-state index contributed by atoms with van der Waals surface area (Å²) in [4.78, 5) is 47.3. The van der Waals surface area contributed by atoms with Crippen LogP contribution in [0.25, 0.3) is 0 Å². The Kier molecular flexibility index (Phi) is 5.20. The van der Waals surface area contributed by atoms with Gasteiger partial charge in [0.1, 0.15) is 11.6 Å². The van der Waals surface area contributed by atoms with Crippen LogP contribution in [0.4, 0.5) is 17.5 Å². The zero-order valence-corrected chi connectivity index (χ0v) is 16.2. The van der Waals surface area contributed by atoms with Crippen molar-refractivity contribution in [2.45, 2.75) is 31.6 Å². The van der Waals surface area contributed by atoms with Gasteiger partial charge in [0, 0.05) is 19.5 Å². The monoisotopic (exact) mass is 397 g/mol. The standard InChI is InChI=1S/C20H23N5O4/c1-29-14-8-4-3-7-13(14)21-18(27)12-11-15(26)22-17-16(12)19(28)24-20(23-17)25-9-5-2-6-10-25/h3-4,7-8,12H,2,5-6,9-11H2,1H3,(H,21,27)(H2,22,23,24,26,28). The predicted octanol–water partition coefficient (Wildman–Crippen LogP) is 1.83. The molecule has 0 radical (unpaired) electrons. The number of hydrogen-bond donors (Lipinski definition) is 3. The normalized spacial score (nSPS) is 18.6. The molecule has 2 aromatic rings. The van der Waals surface area contributed by atoms with E-state index in [1.165, 1.54) is 7.11 Å². The van der Waals surface area contributed by atoms with Crippen molar-refractivity contribution in [1.82, 2.24) is 9.97 Å². The number of anilines is 3. The minimum atomic E-state index is -0.935. The number of nitrogens with zero attached hydrogens (tertiary/aromatic N) is 2. The number of benzene rings is 1. The summed E-state index contributed by atoms with van der Waals surface area (Å²) in [6, 6.07) is 6.96. The van der Waals surface area contributed by atoms with Crippen molar-refractivity contribution >= 4 is 29.3 Å². The largest absolute Gasteiger partial charge is 0.495 e. The molecule has 3 N–H and O–H groups in total. The molecule has 2 amide bonds. The fourth-order valence-corrected chi connectivity index (χ4v) is 3.81. The van der Waals surface area contributed by atoms with E-state index in [1.54, 1.807) is 24.3 Å². The lowest BCUT2D eigenvalue weighted by Gasteiger charge is -2.29. The maximum Gasteiger partial charge on any atom is 0.258 e. The van der Waals surface area contributed by atoms with E-state index in [4.69, 9.17) is 4.74 Å². The van der Waals surface area contributed by atoms with E-state index in [-0.39, 0.29) is 23.7 Å². The number of aromatic nitrogens is 2. The number of hydrogen-bond acceptors (Lipinski definition) is 6. The third kappa shape index (κ3) is 3.80. The van der Waals surface area contributed by atoms with E-state index in [1.807, 2.05) is 4.90 Å². The Balaban J connectivity index is 1.65. The molecule has 0 bridgehead atoms. The van der Waals surface area contributed by atoms with Gasteiger partial charge in [-0.1, -0.05) is 12.1 Å². The summed E-state index contributed by atoms with van der Waals surface area (Å²) in [5, 5.41) is 5.41. The van der Waals surface area contributed by atoms with E-state index >= 15 is 0 Å². The Morgan fingerprint density at radius 3 is 2.72 bits per heavy atom. The molecule has 0 spiro atoms. The first-order valence-corrected chi connectivity index (χ1v) is 9.69. The van der Waals surface area contributed by atoms with Gasteiger partial charge in [0.2, 0.25) is 17.8 Å². The maximum atomic E-state index is 12.9. The Morgan fingerprint density at radius 1 is 1.21 bits per heavy atom.